The Balaban J connectivity index is 1.54. The Morgan fingerprint density at radius 1 is 0.889 bits per heavy atom. The maximum atomic E-state index is 15.0. The Bertz CT molecular complexity index is 1580. The van der Waals surface area contributed by atoms with Crippen molar-refractivity contribution in [2.75, 3.05) is 6.61 Å². The van der Waals surface area contributed by atoms with Crippen molar-refractivity contribution in [3.8, 4) is 0 Å². The maximum absolute atomic E-state index is 15.0. The number of carbonyl (C=O) groups excluding carboxylic acids is 2. The molecule has 7 nitrogen and oxygen atoms in total. The van der Waals surface area contributed by atoms with Crippen LogP contribution in [0.4, 0.5) is 35.1 Å². The highest BCUT2D eigenvalue weighted by molar-refractivity contribution is 7.92. The highest BCUT2D eigenvalue weighted by Crippen LogP contribution is 2.60. The molecule has 2 aromatic carbocycles. The lowest BCUT2D eigenvalue weighted by Gasteiger charge is -2.43. The quantitative estimate of drug-likeness (QED) is 0.297. The van der Waals surface area contributed by atoms with E-state index in [1.807, 2.05) is 0 Å². The fourth-order valence-corrected chi connectivity index (χ4v) is 9.60. The first kappa shape index (κ1) is 33.1. The lowest BCUT2D eigenvalue weighted by Crippen LogP contribution is -2.56. The van der Waals surface area contributed by atoms with E-state index >= 15 is 0 Å². The van der Waals surface area contributed by atoms with Crippen molar-refractivity contribution in [1.82, 2.24) is 10.6 Å². The average Bonchev–Trinajstić information content (AvgIpc) is 3.36. The second kappa shape index (κ2) is 11.2. The summed E-state index contributed by atoms with van der Waals surface area (Å²) in [6.45, 7) is -0.705. The largest absolute Gasteiger partial charge is 0.435 e. The standard InChI is InChI=1S/C29H28F8N2O5S/c30-17-3-5-20(6-4-17)45(43,44)26-10-9-21(25(42)39-19-12-18(13-19)38-24(41)14-40)23(26)7-1-15-11-16(2-8-22(15)26)27(31,28(32,33)34)29(35,36)37/h2-6,8,11,18-19,21,23,40H,1,7,9-10,12-14H2,(H,38,41)(H,39,42)/t18-,19+,21-,23+,26-/m1/s1. The molecule has 0 heterocycles. The second-order valence-electron chi connectivity index (χ2n) is 11.8. The van der Waals surface area contributed by atoms with Crippen LogP contribution in [0.25, 0.3) is 0 Å². The highest BCUT2D eigenvalue weighted by atomic mass is 32.2. The van der Waals surface area contributed by atoms with Gasteiger partial charge in [-0.1, -0.05) is 18.2 Å². The van der Waals surface area contributed by atoms with Gasteiger partial charge in [-0.25, -0.2) is 17.2 Å². The molecule has 0 unspecified atom stereocenters. The van der Waals surface area contributed by atoms with Gasteiger partial charge in [0, 0.05) is 23.6 Å². The number of aliphatic hydroxyl groups is 1. The number of sulfone groups is 1. The van der Waals surface area contributed by atoms with Gasteiger partial charge in [0.2, 0.25) is 11.8 Å². The minimum Gasteiger partial charge on any atom is -0.387 e. The van der Waals surface area contributed by atoms with Crippen LogP contribution in [0.3, 0.4) is 0 Å². The summed E-state index contributed by atoms with van der Waals surface area (Å²) in [5, 5.41) is 14.3. The summed E-state index contributed by atoms with van der Waals surface area (Å²) < 4.78 is 137. The van der Waals surface area contributed by atoms with Crippen LogP contribution in [0.1, 0.15) is 48.8 Å². The Morgan fingerprint density at radius 3 is 2.07 bits per heavy atom. The van der Waals surface area contributed by atoms with Crippen LogP contribution < -0.4 is 10.6 Å². The van der Waals surface area contributed by atoms with E-state index in [1.165, 1.54) is 0 Å². The van der Waals surface area contributed by atoms with Crippen molar-refractivity contribution in [1.29, 1.82) is 0 Å². The molecule has 246 valence electrons. The van der Waals surface area contributed by atoms with E-state index in [-0.39, 0.29) is 59.9 Å². The molecule has 0 aliphatic heterocycles. The van der Waals surface area contributed by atoms with E-state index in [1.54, 1.807) is 0 Å². The third kappa shape index (κ3) is 5.26. The topological polar surface area (TPSA) is 113 Å². The number of aryl methyl sites for hydroxylation is 1. The molecule has 3 N–H and O–H groups in total. The van der Waals surface area contributed by atoms with Crippen molar-refractivity contribution in [3.63, 3.8) is 0 Å². The molecule has 0 spiro atoms. The lowest BCUT2D eigenvalue weighted by molar-refractivity contribution is -0.348. The number of benzene rings is 2. The third-order valence-electron chi connectivity index (χ3n) is 9.31. The van der Waals surface area contributed by atoms with Gasteiger partial charge in [-0.05, 0) is 79.8 Å². The van der Waals surface area contributed by atoms with Crippen LogP contribution in [-0.2, 0) is 36.3 Å². The van der Waals surface area contributed by atoms with Crippen molar-refractivity contribution >= 4 is 21.7 Å². The normalized spacial score (nSPS) is 26.8. The highest BCUT2D eigenvalue weighted by Gasteiger charge is 2.74. The number of carbonyl (C=O) groups is 2. The lowest BCUT2D eigenvalue weighted by atomic mass is 9.72. The summed E-state index contributed by atoms with van der Waals surface area (Å²) in [7, 11) is -4.56. The van der Waals surface area contributed by atoms with Gasteiger partial charge in [0.05, 0.1) is 4.90 Å². The number of hydrogen-bond acceptors (Lipinski definition) is 5. The minimum atomic E-state index is -6.37. The molecular weight excluding hydrogens is 640 g/mol. The van der Waals surface area contributed by atoms with Crippen LogP contribution in [0, 0.1) is 17.7 Å². The first-order valence-corrected chi connectivity index (χ1v) is 15.5. The second-order valence-corrected chi connectivity index (χ2v) is 14.0. The molecule has 45 heavy (non-hydrogen) atoms. The number of rotatable bonds is 7. The predicted octanol–water partition coefficient (Wildman–Crippen LogP) is 4.51. The van der Waals surface area contributed by atoms with Crippen molar-refractivity contribution in [2.24, 2.45) is 11.8 Å². The Hall–Kier alpha value is -3.27. The number of alkyl halides is 7. The molecule has 2 aromatic rings. The fourth-order valence-electron chi connectivity index (χ4n) is 7.13. The van der Waals surface area contributed by atoms with Crippen LogP contribution in [0.15, 0.2) is 47.4 Å². The third-order valence-corrected chi connectivity index (χ3v) is 11.9. The van der Waals surface area contributed by atoms with Crippen LogP contribution in [-0.4, -0.2) is 56.4 Å². The van der Waals surface area contributed by atoms with E-state index in [2.05, 4.69) is 10.6 Å². The molecule has 0 bridgehead atoms. The number of hydrogen-bond donors (Lipinski definition) is 3. The van der Waals surface area contributed by atoms with Crippen molar-refractivity contribution in [3.05, 3.63) is 65.0 Å². The molecule has 0 radical (unpaired) electrons. The zero-order valence-electron chi connectivity index (χ0n) is 23.3. The van der Waals surface area contributed by atoms with Crippen molar-refractivity contribution < 1.29 is 58.2 Å². The summed E-state index contributed by atoms with van der Waals surface area (Å²) in [6.07, 6.45) is -12.6. The Labute approximate surface area is 252 Å². The maximum Gasteiger partial charge on any atom is 0.435 e. The first-order valence-electron chi connectivity index (χ1n) is 14.0. The smallest absolute Gasteiger partial charge is 0.387 e. The summed E-state index contributed by atoms with van der Waals surface area (Å²) in [4.78, 5) is 24.5. The molecule has 5 rings (SSSR count). The number of nitrogens with one attached hydrogen (secondary N) is 2. The average molecular weight is 669 g/mol. The minimum absolute atomic E-state index is 0.00629. The zero-order chi connectivity index (χ0) is 33.2. The molecule has 2 saturated carbocycles. The Morgan fingerprint density at radius 2 is 1.49 bits per heavy atom. The van der Waals surface area contributed by atoms with E-state index < -0.39 is 74.2 Å². The number of amides is 2. The number of halogens is 8. The molecule has 3 aliphatic carbocycles. The van der Waals surface area contributed by atoms with Gasteiger partial charge in [0.25, 0.3) is 0 Å². The molecular formula is C29H28F8N2O5S. The summed E-state index contributed by atoms with van der Waals surface area (Å²) >= 11 is 0. The van der Waals surface area contributed by atoms with Gasteiger partial charge in [0.15, 0.2) is 9.84 Å². The first-order chi connectivity index (χ1) is 20.9. The monoisotopic (exact) mass is 668 g/mol. The van der Waals surface area contributed by atoms with Gasteiger partial charge in [0.1, 0.15) is 17.2 Å². The van der Waals surface area contributed by atoms with E-state index in [0.717, 1.165) is 30.3 Å². The molecule has 16 heteroatoms. The van der Waals surface area contributed by atoms with Crippen LogP contribution in [0.5, 0.6) is 0 Å². The van der Waals surface area contributed by atoms with Gasteiger partial charge < -0.3 is 15.7 Å². The van der Waals surface area contributed by atoms with E-state index in [0.29, 0.717) is 18.9 Å². The van der Waals surface area contributed by atoms with Gasteiger partial charge >= 0.3 is 18.0 Å². The predicted molar refractivity (Wildman–Crippen MR) is 141 cm³/mol. The van der Waals surface area contributed by atoms with Gasteiger partial charge in [-0.2, -0.15) is 26.3 Å². The summed E-state index contributed by atoms with van der Waals surface area (Å²) in [6, 6.07) is 4.54. The molecule has 2 amide bonds. The molecule has 0 aromatic heterocycles. The SMILES string of the molecule is O=C(CO)N[C@H]1C[C@@H](NC(=O)[C@@H]2CC[C@@]3(S(=O)(=O)c4ccc(F)cc4)c4ccc(C(F)(C(F)(F)F)C(F)(F)F)cc4CC[C@@H]23)C1. The van der Waals surface area contributed by atoms with Crippen LogP contribution >= 0.6 is 0 Å². The summed E-state index contributed by atoms with van der Waals surface area (Å²) in [5.74, 6) is -3.75. The number of fused-ring (bicyclic) bond motifs is 3. The molecule has 0 saturated heterocycles. The fraction of sp³-hybridized carbons (Fsp3) is 0.517. The Kier molecular flexibility index (Phi) is 8.25. The van der Waals surface area contributed by atoms with Gasteiger partial charge in [-0.15, -0.1) is 0 Å². The zero-order valence-corrected chi connectivity index (χ0v) is 24.1. The molecule has 2 fully saturated rings. The van der Waals surface area contributed by atoms with Crippen molar-refractivity contribution in [2.45, 2.75) is 78.3 Å². The van der Waals surface area contributed by atoms with Gasteiger partial charge in [-0.3, -0.25) is 9.59 Å². The van der Waals surface area contributed by atoms with E-state index in [9.17, 15) is 53.1 Å². The van der Waals surface area contributed by atoms with E-state index in [4.69, 9.17) is 5.11 Å². The number of aliphatic hydroxyl groups excluding tert-OH is 1. The summed E-state index contributed by atoms with van der Waals surface area (Å²) in [5.41, 5.74) is -7.82. The molecule has 3 atom stereocenters. The van der Waals surface area contributed by atoms with Crippen LogP contribution in [0.2, 0.25) is 0 Å². The molecule has 3 aliphatic rings.